The highest BCUT2D eigenvalue weighted by Gasteiger charge is 2.17. The summed E-state index contributed by atoms with van der Waals surface area (Å²) in [7, 11) is 0. The van der Waals surface area contributed by atoms with Crippen LogP contribution in [-0.2, 0) is 13.0 Å². The second kappa shape index (κ2) is 17.7. The molecule has 0 bridgehead atoms. The maximum Gasteiger partial charge on any atom is 0.280 e. The van der Waals surface area contributed by atoms with Gasteiger partial charge in [0.25, 0.3) is 5.91 Å². The average molecular weight is 526 g/mol. The largest absolute Gasteiger partial charge is 0.382 e. The lowest BCUT2D eigenvalue weighted by Gasteiger charge is -2.11. The van der Waals surface area contributed by atoms with E-state index in [2.05, 4.69) is 37.7 Å². The molecule has 0 aliphatic carbocycles. The Balaban J connectivity index is 0.00000163. The van der Waals surface area contributed by atoms with E-state index in [4.69, 9.17) is 23.1 Å². The first-order chi connectivity index (χ1) is 17.9. The molecule has 6 N–H and O–H groups in total. The first-order valence-electron chi connectivity index (χ1n) is 12.7. The molecule has 2 aromatic carbocycles. The van der Waals surface area contributed by atoms with E-state index in [1.54, 1.807) is 0 Å². The van der Waals surface area contributed by atoms with E-state index in [1.165, 1.54) is 11.1 Å². The van der Waals surface area contributed by atoms with Crippen LogP contribution in [0.15, 0.2) is 59.6 Å². The van der Waals surface area contributed by atoms with Gasteiger partial charge in [-0.25, -0.2) is 9.97 Å². The van der Waals surface area contributed by atoms with Gasteiger partial charge in [0.05, 0.1) is 0 Å². The topological polar surface area (TPSA) is 131 Å². The van der Waals surface area contributed by atoms with Gasteiger partial charge in [0.2, 0.25) is 0 Å². The molecular weight excluding hydrogens is 486 g/mol. The first-order valence-corrected chi connectivity index (χ1v) is 13.1. The monoisotopic (exact) mass is 525 g/mol. The summed E-state index contributed by atoms with van der Waals surface area (Å²) in [4.78, 5) is 24.9. The van der Waals surface area contributed by atoms with Crippen molar-refractivity contribution in [3.8, 4) is 0 Å². The molecule has 0 saturated heterocycles. The van der Waals surface area contributed by atoms with Gasteiger partial charge < -0.3 is 16.8 Å². The summed E-state index contributed by atoms with van der Waals surface area (Å²) in [5.41, 5.74) is 15.2. The maximum atomic E-state index is 12.5. The van der Waals surface area contributed by atoms with Crippen molar-refractivity contribution in [1.82, 2.24) is 15.3 Å². The lowest BCUT2D eigenvalue weighted by Crippen LogP contribution is -2.38. The molecule has 0 saturated carbocycles. The molecule has 0 fully saturated rings. The minimum Gasteiger partial charge on any atom is -0.382 e. The second-order valence-corrected chi connectivity index (χ2v) is 7.96. The number of nitrogens with zero attached hydrogens (tertiary/aromatic N) is 3. The van der Waals surface area contributed by atoms with Crippen LogP contribution in [0.1, 0.15) is 67.7 Å². The number of rotatable bonds is 9. The van der Waals surface area contributed by atoms with Gasteiger partial charge in [-0.2, -0.15) is 0 Å². The van der Waals surface area contributed by atoms with Crippen molar-refractivity contribution in [2.45, 2.75) is 60.4 Å². The van der Waals surface area contributed by atoms with Gasteiger partial charge >= 0.3 is 0 Å². The van der Waals surface area contributed by atoms with E-state index in [0.717, 1.165) is 24.8 Å². The molecule has 8 nitrogen and oxygen atoms in total. The predicted octanol–water partition coefficient (Wildman–Crippen LogP) is 5.75. The first kappa shape index (κ1) is 31.4. The number of unbranched alkanes of at least 4 members (excludes halogenated alkanes) is 1. The van der Waals surface area contributed by atoms with Crippen LogP contribution in [0.4, 0.5) is 11.6 Å². The van der Waals surface area contributed by atoms with Crippen LogP contribution in [0, 0.1) is 6.92 Å². The summed E-state index contributed by atoms with van der Waals surface area (Å²) >= 11 is 6.21. The zero-order chi connectivity index (χ0) is 27.6. The standard InChI is InChI=1S/C24H28ClN7O.2C2H6/c1-16-10-12-18(13-11-16)15-29-22-20(25)30-19(21(26)31-22)23(33)32-24(27)28-14-6-5-9-17-7-3-2-4-8-17;2*1-2/h2-4,7-8,10-13H,5-6,9,14-15H2,1H3,(H3,26,29,31)(H3,27,28,32,33);2*1-2H3. The molecule has 0 radical (unpaired) electrons. The van der Waals surface area contributed by atoms with Crippen molar-refractivity contribution in [1.29, 1.82) is 0 Å². The highest BCUT2D eigenvalue weighted by molar-refractivity contribution is 6.32. The normalized spacial score (nSPS) is 10.4. The zero-order valence-electron chi connectivity index (χ0n) is 22.5. The molecule has 0 aliphatic rings. The molecule has 3 rings (SSSR count). The Bertz CT molecular complexity index is 1100. The number of carbonyl (C=O) groups is 1. The van der Waals surface area contributed by atoms with Crippen LogP contribution in [0.3, 0.4) is 0 Å². The summed E-state index contributed by atoms with van der Waals surface area (Å²) in [6.45, 7) is 11.0. The summed E-state index contributed by atoms with van der Waals surface area (Å²) in [5.74, 6) is -0.374. The highest BCUT2D eigenvalue weighted by atomic mass is 35.5. The van der Waals surface area contributed by atoms with Gasteiger partial charge in [-0.3, -0.25) is 15.1 Å². The molecule has 200 valence electrons. The number of aromatic nitrogens is 2. The van der Waals surface area contributed by atoms with E-state index in [1.807, 2.05) is 77.1 Å². The minimum absolute atomic E-state index is 0.00129. The molecule has 1 amide bonds. The Morgan fingerprint density at radius 1 is 0.946 bits per heavy atom. The molecular formula is C28H40ClN7O. The summed E-state index contributed by atoms with van der Waals surface area (Å²) in [6.07, 6.45) is 2.79. The van der Waals surface area contributed by atoms with Crippen molar-refractivity contribution < 1.29 is 4.79 Å². The van der Waals surface area contributed by atoms with Crippen LogP contribution < -0.4 is 22.1 Å². The Labute approximate surface area is 226 Å². The van der Waals surface area contributed by atoms with Crippen molar-refractivity contribution in [3.63, 3.8) is 0 Å². The van der Waals surface area contributed by atoms with Crippen LogP contribution in [0.25, 0.3) is 0 Å². The third-order valence-electron chi connectivity index (χ3n) is 4.92. The number of amides is 1. The minimum atomic E-state index is -0.613. The summed E-state index contributed by atoms with van der Waals surface area (Å²) in [5, 5.41) is 5.60. The van der Waals surface area contributed by atoms with Crippen LogP contribution in [-0.4, -0.2) is 28.4 Å². The zero-order valence-corrected chi connectivity index (χ0v) is 23.3. The van der Waals surface area contributed by atoms with Gasteiger partial charge in [-0.15, -0.1) is 0 Å². The fourth-order valence-electron chi connectivity index (χ4n) is 3.10. The Kier molecular flexibility index (Phi) is 15.0. The molecule has 0 spiro atoms. The van der Waals surface area contributed by atoms with E-state index in [-0.39, 0.29) is 22.6 Å². The molecule has 3 aromatic rings. The van der Waals surface area contributed by atoms with Crippen LogP contribution >= 0.6 is 11.6 Å². The summed E-state index contributed by atoms with van der Waals surface area (Å²) < 4.78 is 0. The van der Waals surface area contributed by atoms with Crippen LogP contribution in [0.5, 0.6) is 0 Å². The van der Waals surface area contributed by atoms with Gasteiger partial charge in [-0.05, 0) is 37.3 Å². The number of hydrogen-bond donors (Lipinski definition) is 4. The quantitative estimate of drug-likeness (QED) is 0.160. The molecule has 1 heterocycles. The third-order valence-corrected chi connectivity index (χ3v) is 5.18. The van der Waals surface area contributed by atoms with Gasteiger partial charge in [0, 0.05) is 13.1 Å². The number of nitrogens with one attached hydrogen (secondary N) is 2. The van der Waals surface area contributed by atoms with Crippen molar-refractivity contribution >= 4 is 35.1 Å². The lowest BCUT2D eigenvalue weighted by atomic mass is 10.1. The number of carbonyl (C=O) groups excluding carboxylic acids is 1. The Morgan fingerprint density at radius 2 is 1.59 bits per heavy atom. The lowest BCUT2D eigenvalue weighted by molar-refractivity contribution is 0.0972. The van der Waals surface area contributed by atoms with Crippen LogP contribution in [0.2, 0.25) is 5.15 Å². The third kappa shape index (κ3) is 11.3. The SMILES string of the molecule is CC.CC.Cc1ccc(CNc2nc(N)c(C(=O)NC(N)=NCCCCc3ccccc3)nc2Cl)cc1. The second-order valence-electron chi connectivity index (χ2n) is 7.60. The fraction of sp³-hybridized carbons (Fsp3) is 0.357. The number of nitrogens with two attached hydrogens (primary N) is 2. The fourth-order valence-corrected chi connectivity index (χ4v) is 3.29. The average Bonchev–Trinajstić information content (AvgIpc) is 2.92. The molecule has 1 aromatic heterocycles. The number of benzene rings is 2. The highest BCUT2D eigenvalue weighted by Crippen LogP contribution is 2.21. The number of nitrogen functional groups attached to an aromatic ring is 1. The predicted molar refractivity (Wildman–Crippen MR) is 156 cm³/mol. The van der Waals surface area contributed by atoms with Crippen molar-refractivity contribution in [3.05, 3.63) is 82.1 Å². The van der Waals surface area contributed by atoms with E-state index in [0.29, 0.717) is 18.9 Å². The molecule has 37 heavy (non-hydrogen) atoms. The number of guanidine groups is 1. The number of hydrogen-bond acceptors (Lipinski definition) is 6. The number of aryl methyl sites for hydroxylation is 2. The maximum absolute atomic E-state index is 12.5. The van der Waals surface area contributed by atoms with E-state index < -0.39 is 5.91 Å². The number of anilines is 2. The Hall–Kier alpha value is -3.65. The molecule has 0 aliphatic heterocycles. The van der Waals surface area contributed by atoms with Crippen molar-refractivity contribution in [2.75, 3.05) is 17.6 Å². The van der Waals surface area contributed by atoms with Gasteiger partial charge in [-0.1, -0.05) is 99.5 Å². The van der Waals surface area contributed by atoms with Crippen molar-refractivity contribution in [2.24, 2.45) is 10.7 Å². The van der Waals surface area contributed by atoms with E-state index >= 15 is 0 Å². The molecule has 0 unspecified atom stereocenters. The number of halogens is 1. The molecule has 0 atom stereocenters. The number of aliphatic imine (C=N–C) groups is 1. The Morgan fingerprint density at radius 3 is 2.24 bits per heavy atom. The van der Waals surface area contributed by atoms with E-state index in [9.17, 15) is 4.79 Å². The summed E-state index contributed by atoms with van der Waals surface area (Å²) in [6, 6.07) is 18.3. The smallest absolute Gasteiger partial charge is 0.280 e. The van der Waals surface area contributed by atoms with Gasteiger partial charge in [0.15, 0.2) is 28.4 Å². The van der Waals surface area contributed by atoms with Gasteiger partial charge in [0.1, 0.15) is 0 Å². The molecule has 9 heteroatoms.